The minimum Gasteiger partial charge on any atom is -0.244 e. The van der Waals surface area contributed by atoms with Crippen LogP contribution in [0.2, 0.25) is 0 Å². The third kappa shape index (κ3) is 3.49. The first kappa shape index (κ1) is 24.5. The van der Waals surface area contributed by atoms with E-state index in [1.807, 2.05) is 42.5 Å². The van der Waals surface area contributed by atoms with Crippen LogP contribution in [0.25, 0.3) is 87.4 Å². The zero-order chi connectivity index (χ0) is 29.2. The number of nitrogens with zero attached hydrogens (tertiary/aromatic N) is 3. The van der Waals surface area contributed by atoms with E-state index in [1.165, 1.54) is 32.7 Å². The van der Waals surface area contributed by atoms with Crippen LogP contribution in [-0.2, 0) is 0 Å². The number of hydrogen-bond donors (Lipinski definition) is 0. The van der Waals surface area contributed by atoms with Crippen molar-refractivity contribution in [2.45, 2.75) is 0 Å². The SMILES string of the molecule is N#Cc1ccc(-c2c3ccccc3c(-c3cc4nc5ccccc5nc4c4ccccc34)c3ccccc23)c2ccccc12. The number of fused-ring (bicyclic) bond motifs is 7. The van der Waals surface area contributed by atoms with Gasteiger partial charge in [0.25, 0.3) is 0 Å². The molecule has 202 valence electrons. The molecule has 3 nitrogen and oxygen atoms in total. The fourth-order valence-corrected chi connectivity index (χ4v) is 6.98. The summed E-state index contributed by atoms with van der Waals surface area (Å²) in [6, 6.07) is 50.9. The van der Waals surface area contributed by atoms with Gasteiger partial charge in [-0.2, -0.15) is 5.26 Å². The van der Waals surface area contributed by atoms with Crippen LogP contribution in [0.1, 0.15) is 5.56 Å². The molecule has 0 aliphatic carbocycles. The summed E-state index contributed by atoms with van der Waals surface area (Å²) in [4.78, 5) is 10.2. The van der Waals surface area contributed by atoms with Crippen LogP contribution in [0.3, 0.4) is 0 Å². The molecular formula is C41H23N3. The van der Waals surface area contributed by atoms with E-state index in [0.717, 1.165) is 54.7 Å². The van der Waals surface area contributed by atoms with E-state index in [2.05, 4.69) is 103 Å². The Kier molecular flexibility index (Phi) is 5.26. The monoisotopic (exact) mass is 557 g/mol. The van der Waals surface area contributed by atoms with Gasteiger partial charge in [-0.05, 0) is 78.8 Å². The average Bonchev–Trinajstić information content (AvgIpc) is 3.09. The van der Waals surface area contributed by atoms with Crippen molar-refractivity contribution in [3.8, 4) is 28.3 Å². The molecule has 0 aliphatic heterocycles. The van der Waals surface area contributed by atoms with Crippen molar-refractivity contribution in [2.75, 3.05) is 0 Å². The highest BCUT2D eigenvalue weighted by atomic mass is 14.8. The highest BCUT2D eigenvalue weighted by Crippen LogP contribution is 2.47. The van der Waals surface area contributed by atoms with Gasteiger partial charge in [-0.3, -0.25) is 0 Å². The summed E-state index contributed by atoms with van der Waals surface area (Å²) >= 11 is 0. The Morgan fingerprint density at radius 2 is 0.841 bits per heavy atom. The van der Waals surface area contributed by atoms with Crippen molar-refractivity contribution in [2.24, 2.45) is 0 Å². The van der Waals surface area contributed by atoms with E-state index in [9.17, 15) is 5.26 Å². The van der Waals surface area contributed by atoms with Crippen LogP contribution < -0.4 is 0 Å². The summed E-state index contributed by atoms with van der Waals surface area (Å²) in [6.07, 6.45) is 0. The average molecular weight is 558 g/mol. The van der Waals surface area contributed by atoms with Gasteiger partial charge in [0, 0.05) is 10.8 Å². The summed E-state index contributed by atoms with van der Waals surface area (Å²) in [5.74, 6) is 0. The molecule has 0 bridgehead atoms. The second kappa shape index (κ2) is 9.46. The molecule has 0 N–H and O–H groups in total. The van der Waals surface area contributed by atoms with Gasteiger partial charge in [-0.15, -0.1) is 0 Å². The van der Waals surface area contributed by atoms with Crippen molar-refractivity contribution in [3.63, 3.8) is 0 Å². The van der Waals surface area contributed by atoms with E-state index in [4.69, 9.17) is 9.97 Å². The van der Waals surface area contributed by atoms with Gasteiger partial charge < -0.3 is 0 Å². The van der Waals surface area contributed by atoms with Gasteiger partial charge in [0.05, 0.1) is 33.7 Å². The van der Waals surface area contributed by atoms with E-state index in [1.54, 1.807) is 0 Å². The molecule has 9 aromatic rings. The number of rotatable bonds is 2. The second-order valence-electron chi connectivity index (χ2n) is 11.2. The maximum absolute atomic E-state index is 9.86. The maximum atomic E-state index is 9.86. The Balaban J connectivity index is 1.46. The number of aromatic nitrogens is 2. The molecule has 0 amide bonds. The molecule has 3 heteroatoms. The smallest absolute Gasteiger partial charge is 0.0998 e. The number of nitriles is 1. The van der Waals surface area contributed by atoms with Gasteiger partial charge in [-0.25, -0.2) is 9.97 Å². The zero-order valence-electron chi connectivity index (χ0n) is 23.6. The summed E-state index contributed by atoms with van der Waals surface area (Å²) < 4.78 is 0. The largest absolute Gasteiger partial charge is 0.244 e. The molecule has 0 fully saturated rings. The first-order chi connectivity index (χ1) is 21.8. The Hall–Kier alpha value is -6.11. The van der Waals surface area contributed by atoms with Crippen molar-refractivity contribution < 1.29 is 0 Å². The van der Waals surface area contributed by atoms with E-state index in [-0.39, 0.29) is 0 Å². The molecule has 0 aliphatic rings. The molecule has 0 saturated carbocycles. The van der Waals surface area contributed by atoms with Crippen LogP contribution in [0, 0.1) is 11.3 Å². The van der Waals surface area contributed by atoms with Gasteiger partial charge in [0.15, 0.2) is 0 Å². The molecule has 1 aromatic heterocycles. The second-order valence-corrected chi connectivity index (χ2v) is 11.2. The zero-order valence-corrected chi connectivity index (χ0v) is 23.6. The van der Waals surface area contributed by atoms with E-state index >= 15 is 0 Å². The lowest BCUT2D eigenvalue weighted by Gasteiger charge is -2.20. The molecule has 0 unspecified atom stereocenters. The minimum absolute atomic E-state index is 0.686. The standard InChI is InChI=1S/C41H23N3/c42-24-25-21-22-33(27-12-2-1-11-26(25)27)39-29-14-4-6-16-31(29)40(32-17-7-5-15-30(32)39)35-23-38-41(34-18-8-3-13-28(34)35)44-37-20-10-9-19-36(37)43-38/h1-23H. The van der Waals surface area contributed by atoms with Crippen molar-refractivity contribution >= 4 is 65.2 Å². The Labute approximate surface area is 253 Å². The fourth-order valence-electron chi connectivity index (χ4n) is 6.98. The summed E-state index contributed by atoms with van der Waals surface area (Å²) in [5.41, 5.74) is 8.89. The normalized spacial score (nSPS) is 11.6. The predicted octanol–water partition coefficient (Wildman–Crippen LogP) is 10.6. The highest BCUT2D eigenvalue weighted by molar-refractivity contribution is 6.26. The Bertz CT molecular complexity index is 2620. The minimum atomic E-state index is 0.686. The van der Waals surface area contributed by atoms with E-state index < -0.39 is 0 Å². The lowest BCUT2D eigenvalue weighted by atomic mass is 9.83. The fraction of sp³-hybridized carbons (Fsp3) is 0. The lowest BCUT2D eigenvalue weighted by Crippen LogP contribution is -1.95. The van der Waals surface area contributed by atoms with Gasteiger partial charge in [0.2, 0.25) is 0 Å². The molecule has 0 saturated heterocycles. The number of para-hydroxylation sites is 2. The number of benzene rings is 8. The molecule has 8 aromatic carbocycles. The van der Waals surface area contributed by atoms with Crippen LogP contribution in [-0.4, -0.2) is 9.97 Å². The van der Waals surface area contributed by atoms with Crippen LogP contribution in [0.5, 0.6) is 0 Å². The summed E-state index contributed by atoms with van der Waals surface area (Å²) in [6.45, 7) is 0. The maximum Gasteiger partial charge on any atom is 0.0998 e. The molecular weight excluding hydrogens is 534 g/mol. The van der Waals surface area contributed by atoms with Crippen LogP contribution in [0.4, 0.5) is 0 Å². The Morgan fingerprint density at radius 1 is 0.386 bits per heavy atom. The summed E-state index contributed by atoms with van der Waals surface area (Å²) in [7, 11) is 0. The third-order valence-electron chi connectivity index (χ3n) is 8.87. The van der Waals surface area contributed by atoms with Crippen LogP contribution >= 0.6 is 0 Å². The Morgan fingerprint density at radius 3 is 1.43 bits per heavy atom. The first-order valence-electron chi connectivity index (χ1n) is 14.7. The topological polar surface area (TPSA) is 49.6 Å². The molecule has 0 spiro atoms. The molecule has 1 heterocycles. The number of hydrogen-bond acceptors (Lipinski definition) is 3. The highest BCUT2D eigenvalue weighted by Gasteiger charge is 2.21. The first-order valence-corrected chi connectivity index (χ1v) is 14.7. The molecule has 0 radical (unpaired) electrons. The molecule has 44 heavy (non-hydrogen) atoms. The van der Waals surface area contributed by atoms with E-state index in [0.29, 0.717) is 5.56 Å². The summed E-state index contributed by atoms with van der Waals surface area (Å²) in [5, 5.41) is 18.8. The van der Waals surface area contributed by atoms with Gasteiger partial charge in [0.1, 0.15) is 0 Å². The van der Waals surface area contributed by atoms with Crippen molar-refractivity contribution in [3.05, 3.63) is 145 Å². The molecule has 9 rings (SSSR count). The predicted molar refractivity (Wildman–Crippen MR) is 183 cm³/mol. The quantitative estimate of drug-likeness (QED) is 0.157. The molecule has 0 atom stereocenters. The van der Waals surface area contributed by atoms with Crippen molar-refractivity contribution in [1.29, 1.82) is 5.26 Å². The third-order valence-corrected chi connectivity index (χ3v) is 8.87. The van der Waals surface area contributed by atoms with Crippen LogP contribution in [0.15, 0.2) is 140 Å². The lowest BCUT2D eigenvalue weighted by molar-refractivity contribution is 1.41. The van der Waals surface area contributed by atoms with Gasteiger partial charge >= 0.3 is 0 Å². The van der Waals surface area contributed by atoms with Gasteiger partial charge in [-0.1, -0.05) is 115 Å². The van der Waals surface area contributed by atoms with Crippen molar-refractivity contribution in [1.82, 2.24) is 9.97 Å².